The molecule has 154 valence electrons. The van der Waals surface area contributed by atoms with Gasteiger partial charge in [0.1, 0.15) is 12.4 Å². The van der Waals surface area contributed by atoms with Gasteiger partial charge in [0.2, 0.25) is 5.91 Å². The van der Waals surface area contributed by atoms with Crippen molar-refractivity contribution in [3.63, 3.8) is 0 Å². The molecule has 0 saturated heterocycles. The van der Waals surface area contributed by atoms with Crippen LogP contribution >= 0.6 is 31.9 Å². The van der Waals surface area contributed by atoms with Crippen LogP contribution in [0.15, 0.2) is 45.3 Å². The molecule has 0 aliphatic heterocycles. The molecule has 0 atom stereocenters. The van der Waals surface area contributed by atoms with E-state index in [2.05, 4.69) is 37.2 Å². The van der Waals surface area contributed by atoms with E-state index in [4.69, 9.17) is 9.47 Å². The number of hydrogen-bond acceptors (Lipinski definition) is 5. The molecule has 2 amide bonds. The first-order chi connectivity index (χ1) is 13.7. The molecule has 0 spiro atoms. The molecule has 0 unspecified atom stereocenters. The topological polar surface area (TPSA) is 81.7 Å². The summed E-state index contributed by atoms with van der Waals surface area (Å²) in [6, 6.07) is 10.6. The predicted molar refractivity (Wildman–Crippen MR) is 116 cm³/mol. The molecular formula is C21H21Br2NO5. The fraction of sp³-hybridized carbons (Fsp3) is 0.286. The van der Waals surface area contributed by atoms with Gasteiger partial charge in [0.25, 0.3) is 5.91 Å². The average molecular weight is 527 g/mol. The fourth-order valence-corrected chi connectivity index (χ4v) is 3.89. The SMILES string of the molecule is Cc1cc(Br)c(OCc2ccc(C(=O)OCC(=O)NC(=O)C(C)C)cc2)c(Br)c1. The summed E-state index contributed by atoms with van der Waals surface area (Å²) in [4.78, 5) is 35.1. The Kier molecular flexibility index (Phi) is 8.40. The van der Waals surface area contributed by atoms with Crippen molar-refractivity contribution in [2.24, 2.45) is 5.92 Å². The average Bonchev–Trinajstić information content (AvgIpc) is 2.65. The van der Waals surface area contributed by atoms with E-state index < -0.39 is 24.4 Å². The van der Waals surface area contributed by atoms with Crippen LogP contribution in [-0.2, 0) is 20.9 Å². The summed E-state index contributed by atoms with van der Waals surface area (Å²) in [5.41, 5.74) is 2.26. The van der Waals surface area contributed by atoms with Crippen molar-refractivity contribution in [3.05, 3.63) is 62.0 Å². The van der Waals surface area contributed by atoms with Crippen LogP contribution < -0.4 is 10.1 Å². The molecule has 2 rings (SSSR count). The first kappa shape index (κ1) is 23.1. The maximum atomic E-state index is 12.0. The highest BCUT2D eigenvalue weighted by Gasteiger charge is 2.14. The standard InChI is InChI=1S/C21H21Br2NO5/c1-12(2)20(26)24-18(25)11-29-21(27)15-6-4-14(5-7-15)10-28-19-16(22)8-13(3)9-17(19)23/h4-9,12H,10-11H2,1-3H3,(H,24,25,26). The van der Waals surface area contributed by atoms with Crippen LogP contribution in [0.1, 0.15) is 35.3 Å². The normalized spacial score (nSPS) is 10.6. The van der Waals surface area contributed by atoms with Gasteiger partial charge in [0.15, 0.2) is 6.61 Å². The summed E-state index contributed by atoms with van der Waals surface area (Å²) in [6.07, 6.45) is 0. The minimum Gasteiger partial charge on any atom is -0.487 e. The van der Waals surface area contributed by atoms with Crippen molar-refractivity contribution in [3.8, 4) is 5.75 Å². The van der Waals surface area contributed by atoms with E-state index in [1.165, 1.54) is 0 Å². The smallest absolute Gasteiger partial charge is 0.338 e. The molecule has 0 saturated carbocycles. The van der Waals surface area contributed by atoms with Crippen LogP contribution in [0, 0.1) is 12.8 Å². The van der Waals surface area contributed by atoms with Gasteiger partial charge in [-0.3, -0.25) is 14.9 Å². The Morgan fingerprint density at radius 3 is 2.17 bits per heavy atom. The summed E-state index contributed by atoms with van der Waals surface area (Å²) in [5.74, 6) is -1.35. The maximum Gasteiger partial charge on any atom is 0.338 e. The van der Waals surface area contributed by atoms with Gasteiger partial charge in [-0.1, -0.05) is 26.0 Å². The lowest BCUT2D eigenvalue weighted by atomic mass is 10.1. The van der Waals surface area contributed by atoms with E-state index in [9.17, 15) is 14.4 Å². The Hall–Kier alpha value is -2.19. The fourth-order valence-electron chi connectivity index (χ4n) is 2.25. The summed E-state index contributed by atoms with van der Waals surface area (Å²) in [6.45, 7) is 5.11. The number of nitrogens with one attached hydrogen (secondary N) is 1. The van der Waals surface area contributed by atoms with E-state index >= 15 is 0 Å². The molecule has 8 heteroatoms. The molecule has 0 aliphatic rings. The Bertz CT molecular complexity index is 887. The molecule has 1 N–H and O–H groups in total. The molecule has 0 aliphatic carbocycles. The number of carbonyl (C=O) groups excluding carboxylic acids is 3. The number of ether oxygens (including phenoxy) is 2. The van der Waals surface area contributed by atoms with Crippen molar-refractivity contribution < 1.29 is 23.9 Å². The lowest BCUT2D eigenvalue weighted by Gasteiger charge is -2.12. The maximum absolute atomic E-state index is 12.0. The largest absolute Gasteiger partial charge is 0.487 e. The second-order valence-corrected chi connectivity index (χ2v) is 8.40. The number of esters is 1. The highest BCUT2D eigenvalue weighted by Crippen LogP contribution is 2.35. The Balaban J connectivity index is 1.89. The van der Waals surface area contributed by atoms with Gasteiger partial charge in [0.05, 0.1) is 14.5 Å². The highest BCUT2D eigenvalue weighted by molar-refractivity contribution is 9.11. The minimum absolute atomic E-state index is 0.300. The molecule has 6 nitrogen and oxygen atoms in total. The molecule has 0 bridgehead atoms. The van der Waals surface area contributed by atoms with Crippen LogP contribution in [0.4, 0.5) is 0 Å². The van der Waals surface area contributed by atoms with Gasteiger partial charge in [-0.05, 0) is 74.2 Å². The van der Waals surface area contributed by atoms with E-state index in [1.807, 2.05) is 19.1 Å². The zero-order valence-electron chi connectivity index (χ0n) is 16.3. The van der Waals surface area contributed by atoms with Gasteiger partial charge in [-0.25, -0.2) is 4.79 Å². The van der Waals surface area contributed by atoms with Crippen LogP contribution in [-0.4, -0.2) is 24.4 Å². The number of halogens is 2. The number of benzene rings is 2. The summed E-state index contributed by atoms with van der Waals surface area (Å²) < 4.78 is 12.5. The third-order valence-electron chi connectivity index (χ3n) is 3.84. The molecule has 0 fully saturated rings. The van der Waals surface area contributed by atoms with Gasteiger partial charge in [0, 0.05) is 5.92 Å². The lowest BCUT2D eigenvalue weighted by Crippen LogP contribution is -2.36. The first-order valence-electron chi connectivity index (χ1n) is 8.85. The van der Waals surface area contributed by atoms with Crippen LogP contribution in [0.5, 0.6) is 5.75 Å². The van der Waals surface area contributed by atoms with Gasteiger partial charge < -0.3 is 9.47 Å². The van der Waals surface area contributed by atoms with E-state index in [0.29, 0.717) is 17.9 Å². The third kappa shape index (κ3) is 6.97. The number of aryl methyl sites for hydroxylation is 1. The zero-order chi connectivity index (χ0) is 21.6. The number of amides is 2. The summed E-state index contributed by atoms with van der Waals surface area (Å²) in [5, 5.41) is 2.16. The minimum atomic E-state index is -0.656. The van der Waals surface area contributed by atoms with Crippen molar-refractivity contribution in [2.45, 2.75) is 27.4 Å². The van der Waals surface area contributed by atoms with Crippen molar-refractivity contribution >= 4 is 49.6 Å². The number of imide groups is 1. The van der Waals surface area contributed by atoms with Crippen LogP contribution in [0.2, 0.25) is 0 Å². The van der Waals surface area contributed by atoms with Gasteiger partial charge >= 0.3 is 5.97 Å². The molecule has 2 aromatic carbocycles. The van der Waals surface area contributed by atoms with Crippen molar-refractivity contribution in [2.75, 3.05) is 6.61 Å². The Morgan fingerprint density at radius 1 is 1.03 bits per heavy atom. The van der Waals surface area contributed by atoms with E-state index in [1.54, 1.807) is 38.1 Å². The third-order valence-corrected chi connectivity index (χ3v) is 5.01. The van der Waals surface area contributed by atoms with Crippen LogP contribution in [0.3, 0.4) is 0 Å². The number of hydrogen-bond donors (Lipinski definition) is 1. The molecule has 2 aromatic rings. The molecule has 0 heterocycles. The Labute approximate surface area is 186 Å². The lowest BCUT2D eigenvalue weighted by molar-refractivity contribution is -0.133. The number of rotatable bonds is 7. The zero-order valence-corrected chi connectivity index (χ0v) is 19.4. The highest BCUT2D eigenvalue weighted by atomic mass is 79.9. The van der Waals surface area contributed by atoms with E-state index in [0.717, 1.165) is 20.1 Å². The summed E-state index contributed by atoms with van der Waals surface area (Å²) >= 11 is 6.97. The Morgan fingerprint density at radius 2 is 1.62 bits per heavy atom. The second kappa shape index (κ2) is 10.5. The quantitative estimate of drug-likeness (QED) is 0.535. The number of carbonyl (C=O) groups is 3. The molecule has 0 radical (unpaired) electrons. The monoisotopic (exact) mass is 525 g/mol. The molecule has 0 aromatic heterocycles. The molecule has 29 heavy (non-hydrogen) atoms. The predicted octanol–water partition coefficient (Wildman–Crippen LogP) is 4.55. The van der Waals surface area contributed by atoms with Gasteiger partial charge in [-0.2, -0.15) is 0 Å². The summed E-state index contributed by atoms with van der Waals surface area (Å²) in [7, 11) is 0. The van der Waals surface area contributed by atoms with Crippen LogP contribution in [0.25, 0.3) is 0 Å². The first-order valence-corrected chi connectivity index (χ1v) is 10.4. The second-order valence-electron chi connectivity index (χ2n) is 6.69. The van der Waals surface area contributed by atoms with Gasteiger partial charge in [-0.15, -0.1) is 0 Å². The van der Waals surface area contributed by atoms with E-state index in [-0.39, 0.29) is 5.92 Å². The van der Waals surface area contributed by atoms with Crippen molar-refractivity contribution in [1.82, 2.24) is 5.32 Å². The molecular weight excluding hydrogens is 506 g/mol. The van der Waals surface area contributed by atoms with Crippen molar-refractivity contribution in [1.29, 1.82) is 0 Å².